The minimum Gasteiger partial charge on any atom is -0.387 e. The third-order valence-corrected chi connectivity index (χ3v) is 5.39. The summed E-state index contributed by atoms with van der Waals surface area (Å²) in [6.45, 7) is 17.1. The maximum absolute atomic E-state index is 10.8. The van der Waals surface area contributed by atoms with E-state index in [1.165, 1.54) is 11.1 Å². The van der Waals surface area contributed by atoms with Crippen LogP contribution in [0.2, 0.25) is 0 Å². The Bertz CT molecular complexity index is 629. The van der Waals surface area contributed by atoms with Crippen molar-refractivity contribution in [3.8, 4) is 0 Å². The quantitative estimate of drug-likeness (QED) is 0.225. The van der Waals surface area contributed by atoms with Gasteiger partial charge in [-0.3, -0.25) is 9.80 Å². The number of halogens is 1. The SMILES string of the molecule is CCNC(=NCc1ccc(CN(CC)CC)cc1)NCC(C)(O)CN1CCOCC1.I. The Labute approximate surface area is 205 Å². The lowest BCUT2D eigenvalue weighted by Gasteiger charge is -2.34. The number of nitrogens with one attached hydrogen (secondary N) is 2. The fraction of sp³-hybridized carbons (Fsp3) is 0.696. The summed E-state index contributed by atoms with van der Waals surface area (Å²) in [5.41, 5.74) is 1.67. The zero-order valence-corrected chi connectivity index (χ0v) is 22.0. The first kappa shape index (κ1) is 28.1. The molecule has 2 rings (SSSR count). The van der Waals surface area contributed by atoms with Crippen LogP contribution in [-0.4, -0.2) is 85.5 Å². The number of hydrogen-bond donors (Lipinski definition) is 3. The third kappa shape index (κ3) is 11.0. The second-order valence-corrected chi connectivity index (χ2v) is 8.21. The average molecular weight is 548 g/mol. The molecule has 1 atom stereocenters. The number of benzene rings is 1. The van der Waals surface area contributed by atoms with Crippen LogP contribution in [0, 0.1) is 0 Å². The molecule has 0 saturated carbocycles. The van der Waals surface area contributed by atoms with Gasteiger partial charge >= 0.3 is 0 Å². The van der Waals surface area contributed by atoms with Gasteiger partial charge in [-0.25, -0.2) is 4.99 Å². The van der Waals surface area contributed by atoms with E-state index in [4.69, 9.17) is 9.73 Å². The van der Waals surface area contributed by atoms with E-state index < -0.39 is 5.60 Å². The Morgan fingerprint density at radius 2 is 1.71 bits per heavy atom. The number of hydrogen-bond acceptors (Lipinski definition) is 5. The predicted molar refractivity (Wildman–Crippen MR) is 139 cm³/mol. The molecule has 0 aromatic heterocycles. The van der Waals surface area contributed by atoms with Gasteiger partial charge in [0, 0.05) is 39.3 Å². The number of rotatable bonds is 11. The highest BCUT2D eigenvalue weighted by atomic mass is 127. The summed E-state index contributed by atoms with van der Waals surface area (Å²) in [6, 6.07) is 8.69. The first-order chi connectivity index (χ1) is 14.5. The molecule has 3 N–H and O–H groups in total. The lowest BCUT2D eigenvalue weighted by molar-refractivity contribution is -0.0201. The van der Waals surface area contributed by atoms with Crippen molar-refractivity contribution >= 4 is 29.9 Å². The molecule has 1 heterocycles. The molecule has 1 aromatic rings. The molecule has 1 fully saturated rings. The lowest BCUT2D eigenvalue weighted by atomic mass is 10.1. The third-order valence-electron chi connectivity index (χ3n) is 5.39. The summed E-state index contributed by atoms with van der Waals surface area (Å²) in [5.74, 6) is 0.729. The van der Waals surface area contributed by atoms with Gasteiger partial charge in [-0.05, 0) is 38.1 Å². The summed E-state index contributed by atoms with van der Waals surface area (Å²) < 4.78 is 5.39. The molecule has 178 valence electrons. The molecule has 0 radical (unpaired) electrons. The highest BCUT2D eigenvalue weighted by molar-refractivity contribution is 14.0. The number of ether oxygens (including phenoxy) is 1. The molecule has 0 aliphatic carbocycles. The van der Waals surface area contributed by atoms with Crippen molar-refractivity contribution in [3.05, 3.63) is 35.4 Å². The second-order valence-electron chi connectivity index (χ2n) is 8.21. The Morgan fingerprint density at radius 3 is 2.29 bits per heavy atom. The first-order valence-corrected chi connectivity index (χ1v) is 11.3. The molecule has 7 nitrogen and oxygen atoms in total. The van der Waals surface area contributed by atoms with Gasteiger partial charge in [-0.15, -0.1) is 24.0 Å². The van der Waals surface area contributed by atoms with Crippen LogP contribution >= 0.6 is 24.0 Å². The van der Waals surface area contributed by atoms with Gasteiger partial charge in [0.25, 0.3) is 0 Å². The number of aliphatic imine (C=N–C) groups is 1. The van der Waals surface area contributed by atoms with E-state index in [0.717, 1.165) is 58.4 Å². The Kier molecular flexibility index (Phi) is 13.6. The largest absolute Gasteiger partial charge is 0.387 e. The molecule has 0 bridgehead atoms. The van der Waals surface area contributed by atoms with E-state index in [0.29, 0.717) is 19.6 Å². The minimum atomic E-state index is -0.834. The van der Waals surface area contributed by atoms with Gasteiger partial charge in [0.15, 0.2) is 5.96 Å². The number of aliphatic hydroxyl groups is 1. The van der Waals surface area contributed by atoms with Crippen molar-refractivity contribution in [1.82, 2.24) is 20.4 Å². The van der Waals surface area contributed by atoms with Crippen LogP contribution in [0.1, 0.15) is 38.8 Å². The molecule has 1 saturated heterocycles. The Morgan fingerprint density at radius 1 is 1.10 bits per heavy atom. The molecule has 31 heavy (non-hydrogen) atoms. The monoisotopic (exact) mass is 547 g/mol. The molecule has 1 aliphatic heterocycles. The van der Waals surface area contributed by atoms with Crippen molar-refractivity contribution in [2.75, 3.05) is 59.0 Å². The van der Waals surface area contributed by atoms with Crippen molar-refractivity contribution < 1.29 is 9.84 Å². The molecule has 0 amide bonds. The summed E-state index contributed by atoms with van der Waals surface area (Å²) in [6.07, 6.45) is 0. The Hall–Kier alpha value is -0.940. The highest BCUT2D eigenvalue weighted by Gasteiger charge is 2.25. The molecule has 0 spiro atoms. The number of β-amino-alcohol motifs (C(OH)–C–C–N with tert-alkyl or cyclic N) is 1. The molecular formula is C23H42IN5O2. The molecular weight excluding hydrogens is 505 g/mol. The maximum Gasteiger partial charge on any atom is 0.191 e. The summed E-state index contributed by atoms with van der Waals surface area (Å²) >= 11 is 0. The first-order valence-electron chi connectivity index (χ1n) is 11.3. The van der Waals surface area contributed by atoms with E-state index in [1.807, 2.05) is 13.8 Å². The average Bonchev–Trinajstić information content (AvgIpc) is 2.75. The summed E-state index contributed by atoms with van der Waals surface area (Å²) in [5, 5.41) is 17.3. The lowest BCUT2D eigenvalue weighted by Crippen LogP contribution is -2.52. The standard InChI is InChI=1S/C23H41N5O2.HI/c1-5-24-22(26-18-23(4,29)19-28-12-14-30-15-13-28)25-16-20-8-10-21(11-9-20)17-27(6-2)7-3;/h8-11,29H,5-7,12-19H2,1-4H3,(H2,24,25,26);1H. The minimum absolute atomic E-state index is 0. The molecule has 1 aliphatic rings. The second kappa shape index (κ2) is 15.0. The van der Waals surface area contributed by atoms with E-state index in [-0.39, 0.29) is 24.0 Å². The summed E-state index contributed by atoms with van der Waals surface area (Å²) in [4.78, 5) is 9.35. The zero-order chi connectivity index (χ0) is 21.8. The maximum atomic E-state index is 10.8. The fourth-order valence-corrected chi connectivity index (χ4v) is 3.54. The Balaban J connectivity index is 0.00000480. The fourth-order valence-electron chi connectivity index (χ4n) is 3.54. The van der Waals surface area contributed by atoms with E-state index in [2.05, 4.69) is 58.5 Å². The van der Waals surface area contributed by atoms with Gasteiger partial charge in [0.1, 0.15) is 0 Å². The van der Waals surface area contributed by atoms with Crippen LogP contribution in [-0.2, 0) is 17.8 Å². The van der Waals surface area contributed by atoms with E-state index >= 15 is 0 Å². The van der Waals surface area contributed by atoms with Crippen molar-refractivity contribution in [1.29, 1.82) is 0 Å². The normalized spacial score (nSPS) is 17.2. The van der Waals surface area contributed by atoms with Gasteiger partial charge in [-0.1, -0.05) is 38.1 Å². The van der Waals surface area contributed by atoms with Crippen molar-refractivity contribution in [2.24, 2.45) is 4.99 Å². The van der Waals surface area contributed by atoms with Crippen LogP contribution in [0.3, 0.4) is 0 Å². The number of nitrogens with zero attached hydrogens (tertiary/aromatic N) is 3. The van der Waals surface area contributed by atoms with Gasteiger partial charge in [0.05, 0.1) is 25.4 Å². The van der Waals surface area contributed by atoms with E-state index in [9.17, 15) is 5.11 Å². The van der Waals surface area contributed by atoms with Gasteiger partial charge < -0.3 is 20.5 Å². The van der Waals surface area contributed by atoms with Crippen molar-refractivity contribution in [3.63, 3.8) is 0 Å². The van der Waals surface area contributed by atoms with Gasteiger partial charge in [0.2, 0.25) is 0 Å². The van der Waals surface area contributed by atoms with Crippen LogP contribution in [0.25, 0.3) is 0 Å². The molecule has 8 heteroatoms. The predicted octanol–water partition coefficient (Wildman–Crippen LogP) is 2.28. The smallest absolute Gasteiger partial charge is 0.191 e. The molecule has 1 aromatic carbocycles. The van der Waals surface area contributed by atoms with Crippen LogP contribution in [0.5, 0.6) is 0 Å². The zero-order valence-electron chi connectivity index (χ0n) is 19.7. The van der Waals surface area contributed by atoms with Crippen molar-refractivity contribution in [2.45, 2.75) is 46.4 Å². The van der Waals surface area contributed by atoms with E-state index in [1.54, 1.807) is 0 Å². The number of morpholine rings is 1. The molecule has 1 unspecified atom stereocenters. The summed E-state index contributed by atoms with van der Waals surface area (Å²) in [7, 11) is 0. The van der Waals surface area contributed by atoms with Crippen LogP contribution < -0.4 is 10.6 Å². The topological polar surface area (TPSA) is 72.4 Å². The number of guanidine groups is 1. The van der Waals surface area contributed by atoms with Crippen LogP contribution in [0.15, 0.2) is 29.3 Å². The van der Waals surface area contributed by atoms with Gasteiger partial charge in [-0.2, -0.15) is 0 Å². The highest BCUT2D eigenvalue weighted by Crippen LogP contribution is 2.10. The van der Waals surface area contributed by atoms with Crippen LogP contribution in [0.4, 0.5) is 0 Å².